The van der Waals surface area contributed by atoms with Crippen LogP contribution in [0.25, 0.3) is 10.9 Å². The first-order valence-electron chi connectivity index (χ1n) is 12.8. The van der Waals surface area contributed by atoms with Gasteiger partial charge in [-0.15, -0.1) is 0 Å². The van der Waals surface area contributed by atoms with E-state index in [9.17, 15) is 13.5 Å². The first kappa shape index (κ1) is 25.5. The summed E-state index contributed by atoms with van der Waals surface area (Å²) in [5.74, 6) is 0.945. The quantitative estimate of drug-likeness (QED) is 0.337. The molecule has 0 radical (unpaired) electrons. The van der Waals surface area contributed by atoms with Crippen molar-refractivity contribution in [3.63, 3.8) is 0 Å². The van der Waals surface area contributed by atoms with Gasteiger partial charge >= 0.3 is 0 Å². The standard InChI is InChI=1S/C27H37N3O4S/c1-3-5-14-29(15-6-4-2)24-18-21(20-31)19-26(35(32,33)30-16-7-8-17-30)27(24)34-25-11-9-10-23-22(25)12-13-28-23/h9-13,18-19,28,31H,3-8,14-17,20H2,1-2H3. The fourth-order valence-electron chi connectivity index (χ4n) is 4.64. The Bertz CT molecular complexity index is 1220. The third-order valence-corrected chi connectivity index (χ3v) is 8.54. The van der Waals surface area contributed by atoms with Gasteiger partial charge in [-0.25, -0.2) is 8.42 Å². The largest absolute Gasteiger partial charge is 0.453 e. The number of ether oxygens (including phenoxy) is 1. The number of nitrogens with one attached hydrogen (secondary N) is 1. The van der Waals surface area contributed by atoms with E-state index in [-0.39, 0.29) is 11.5 Å². The number of H-pyrrole nitrogens is 1. The van der Waals surface area contributed by atoms with E-state index in [0.29, 0.717) is 30.2 Å². The van der Waals surface area contributed by atoms with Crippen molar-refractivity contribution in [1.82, 2.24) is 9.29 Å². The van der Waals surface area contributed by atoms with Crippen LogP contribution in [0.15, 0.2) is 47.5 Å². The average molecular weight is 500 g/mol. The molecule has 2 N–H and O–H groups in total. The predicted octanol–water partition coefficient (Wildman–Crippen LogP) is 5.64. The first-order chi connectivity index (χ1) is 17.0. The number of nitrogens with zero attached hydrogens (tertiary/aromatic N) is 2. The molecule has 4 rings (SSSR count). The summed E-state index contributed by atoms with van der Waals surface area (Å²) in [7, 11) is -3.80. The summed E-state index contributed by atoms with van der Waals surface area (Å²) < 4.78 is 35.8. The van der Waals surface area contributed by atoms with Crippen LogP contribution in [0.5, 0.6) is 11.5 Å². The summed E-state index contributed by atoms with van der Waals surface area (Å²) in [4.78, 5) is 5.55. The van der Waals surface area contributed by atoms with Crippen LogP contribution in [0.4, 0.5) is 5.69 Å². The predicted molar refractivity (Wildman–Crippen MR) is 141 cm³/mol. The van der Waals surface area contributed by atoms with E-state index in [1.165, 1.54) is 0 Å². The van der Waals surface area contributed by atoms with E-state index >= 15 is 0 Å². The second-order valence-corrected chi connectivity index (χ2v) is 11.1. The summed E-state index contributed by atoms with van der Waals surface area (Å²) in [5.41, 5.74) is 2.22. The number of sulfonamides is 1. The van der Waals surface area contributed by atoms with Gasteiger partial charge in [-0.2, -0.15) is 4.31 Å². The maximum Gasteiger partial charge on any atom is 0.246 e. The summed E-state index contributed by atoms with van der Waals surface area (Å²) in [5, 5.41) is 11.0. The third-order valence-electron chi connectivity index (χ3n) is 6.63. The van der Waals surface area contributed by atoms with Crippen molar-refractivity contribution in [2.75, 3.05) is 31.1 Å². The number of aromatic nitrogens is 1. The Kier molecular flexibility index (Phi) is 8.36. The van der Waals surface area contributed by atoms with Crippen molar-refractivity contribution in [1.29, 1.82) is 0 Å². The Morgan fingerprint density at radius 1 is 1.06 bits per heavy atom. The molecule has 1 aromatic heterocycles. The summed E-state index contributed by atoms with van der Waals surface area (Å²) in [6.45, 7) is 6.65. The topological polar surface area (TPSA) is 85.9 Å². The number of hydrogen-bond acceptors (Lipinski definition) is 5. The molecule has 1 aliphatic rings. The highest BCUT2D eigenvalue weighted by atomic mass is 32.2. The van der Waals surface area contributed by atoms with Gasteiger partial charge in [-0.1, -0.05) is 32.8 Å². The fourth-order valence-corrected chi connectivity index (χ4v) is 6.34. The number of hydrogen-bond donors (Lipinski definition) is 2. The van der Waals surface area contributed by atoms with E-state index in [1.54, 1.807) is 10.4 Å². The van der Waals surface area contributed by atoms with Crippen molar-refractivity contribution >= 4 is 26.6 Å². The lowest BCUT2D eigenvalue weighted by molar-refractivity contribution is 0.281. The second-order valence-electron chi connectivity index (χ2n) is 9.20. The van der Waals surface area contributed by atoms with Crippen LogP contribution >= 0.6 is 0 Å². The number of anilines is 1. The smallest absolute Gasteiger partial charge is 0.246 e. The Morgan fingerprint density at radius 2 is 1.77 bits per heavy atom. The molecule has 0 bridgehead atoms. The molecule has 0 spiro atoms. The van der Waals surface area contributed by atoms with Crippen LogP contribution in [-0.4, -0.2) is 49.0 Å². The molecule has 2 aromatic carbocycles. The van der Waals surface area contributed by atoms with Gasteiger partial charge in [0.25, 0.3) is 0 Å². The number of fused-ring (bicyclic) bond motifs is 1. The molecule has 3 aromatic rings. The summed E-state index contributed by atoms with van der Waals surface area (Å²) in [6, 6.07) is 11.1. The molecule has 8 heteroatoms. The lowest BCUT2D eigenvalue weighted by Crippen LogP contribution is -2.30. The molecule has 1 saturated heterocycles. The minimum Gasteiger partial charge on any atom is -0.453 e. The summed E-state index contributed by atoms with van der Waals surface area (Å²) in [6.07, 6.45) is 7.57. The average Bonchev–Trinajstić information content (AvgIpc) is 3.57. The van der Waals surface area contributed by atoms with E-state index in [2.05, 4.69) is 23.7 Å². The molecule has 0 saturated carbocycles. The minimum absolute atomic E-state index is 0.131. The molecular formula is C27H37N3O4S. The number of aliphatic hydroxyl groups excluding tert-OH is 1. The van der Waals surface area contributed by atoms with Gasteiger partial charge in [0, 0.05) is 43.3 Å². The maximum atomic E-state index is 13.9. The van der Waals surface area contributed by atoms with Crippen molar-refractivity contribution in [3.05, 3.63) is 48.2 Å². The highest BCUT2D eigenvalue weighted by Gasteiger charge is 2.33. The number of rotatable bonds is 12. The molecule has 2 heterocycles. The number of benzene rings is 2. The molecule has 7 nitrogen and oxygen atoms in total. The summed E-state index contributed by atoms with van der Waals surface area (Å²) >= 11 is 0. The zero-order valence-corrected chi connectivity index (χ0v) is 21.6. The van der Waals surface area contributed by atoms with Crippen LogP contribution in [0.3, 0.4) is 0 Å². The zero-order chi connectivity index (χ0) is 24.8. The Labute approximate surface area is 208 Å². The molecule has 0 atom stereocenters. The van der Waals surface area contributed by atoms with Crippen molar-refractivity contribution < 1.29 is 18.3 Å². The zero-order valence-electron chi connectivity index (χ0n) is 20.8. The Hall–Kier alpha value is -2.55. The van der Waals surface area contributed by atoms with Crippen molar-refractivity contribution in [2.24, 2.45) is 0 Å². The molecule has 35 heavy (non-hydrogen) atoms. The lowest BCUT2D eigenvalue weighted by atomic mass is 10.1. The monoisotopic (exact) mass is 499 g/mol. The number of aliphatic hydroxyl groups is 1. The second kappa shape index (κ2) is 11.5. The number of unbranched alkanes of at least 4 members (excludes halogenated alkanes) is 2. The van der Waals surface area contributed by atoms with E-state index in [4.69, 9.17) is 4.74 Å². The molecule has 0 unspecified atom stereocenters. The molecule has 0 amide bonds. The SMILES string of the molecule is CCCCN(CCCC)c1cc(CO)cc(S(=O)(=O)N2CCCC2)c1Oc1cccc2[nH]ccc12. The Balaban J connectivity index is 1.91. The van der Waals surface area contributed by atoms with Crippen LogP contribution in [0.1, 0.15) is 57.9 Å². The highest BCUT2D eigenvalue weighted by molar-refractivity contribution is 7.89. The fraction of sp³-hybridized carbons (Fsp3) is 0.481. The van der Waals surface area contributed by atoms with Crippen molar-refractivity contribution in [2.45, 2.75) is 63.9 Å². The first-order valence-corrected chi connectivity index (χ1v) is 14.2. The molecule has 1 aliphatic heterocycles. The van der Waals surface area contributed by atoms with Crippen molar-refractivity contribution in [3.8, 4) is 11.5 Å². The molecule has 1 fully saturated rings. The van der Waals surface area contributed by atoms with Gasteiger partial charge < -0.3 is 19.7 Å². The van der Waals surface area contributed by atoms with Gasteiger partial charge in [-0.05, 0) is 61.6 Å². The van der Waals surface area contributed by atoms with Crippen LogP contribution in [0.2, 0.25) is 0 Å². The third kappa shape index (κ3) is 5.50. The Morgan fingerprint density at radius 3 is 2.43 bits per heavy atom. The van der Waals surface area contributed by atoms with Gasteiger partial charge in [0.05, 0.1) is 12.3 Å². The molecular weight excluding hydrogens is 462 g/mol. The van der Waals surface area contributed by atoms with Gasteiger partial charge in [0.2, 0.25) is 10.0 Å². The molecule has 0 aliphatic carbocycles. The highest BCUT2D eigenvalue weighted by Crippen LogP contribution is 2.43. The van der Waals surface area contributed by atoms with Crippen LogP contribution in [0, 0.1) is 0 Å². The van der Waals surface area contributed by atoms with Gasteiger partial charge in [-0.3, -0.25) is 0 Å². The maximum absolute atomic E-state index is 13.9. The van der Waals surface area contributed by atoms with E-state index < -0.39 is 10.0 Å². The minimum atomic E-state index is -3.80. The van der Waals surface area contributed by atoms with E-state index in [1.807, 2.05) is 36.5 Å². The van der Waals surface area contributed by atoms with Gasteiger partial charge in [0.1, 0.15) is 10.6 Å². The van der Waals surface area contributed by atoms with Crippen LogP contribution < -0.4 is 9.64 Å². The number of aromatic amines is 1. The van der Waals surface area contributed by atoms with Crippen LogP contribution in [-0.2, 0) is 16.6 Å². The van der Waals surface area contributed by atoms with E-state index in [0.717, 1.165) is 68.2 Å². The normalized spacial score (nSPS) is 14.6. The molecule has 190 valence electrons. The van der Waals surface area contributed by atoms with Gasteiger partial charge in [0.15, 0.2) is 5.75 Å². The lowest BCUT2D eigenvalue weighted by Gasteiger charge is -2.29.